The van der Waals surface area contributed by atoms with Gasteiger partial charge in [-0.15, -0.1) is 5.06 Å². The van der Waals surface area contributed by atoms with Crippen molar-refractivity contribution in [3.63, 3.8) is 0 Å². The third kappa shape index (κ3) is 5.35. The van der Waals surface area contributed by atoms with Crippen molar-refractivity contribution in [3.8, 4) is 0 Å². The van der Waals surface area contributed by atoms with Gasteiger partial charge in [0, 0.05) is 43.7 Å². The van der Waals surface area contributed by atoms with E-state index in [1.165, 1.54) is 18.2 Å². The largest absolute Gasteiger partial charge is 0.371 e. The van der Waals surface area contributed by atoms with Gasteiger partial charge in [0.2, 0.25) is 5.91 Å². The van der Waals surface area contributed by atoms with Gasteiger partial charge in [-0.05, 0) is 36.9 Å². The molecule has 3 N–H and O–H groups in total. The molecular formula is C25H29N5O8. The van der Waals surface area contributed by atoms with Crippen LogP contribution in [0, 0.1) is 0 Å². The lowest BCUT2D eigenvalue weighted by Crippen LogP contribution is -2.35. The van der Waals surface area contributed by atoms with Gasteiger partial charge in [0.15, 0.2) is 6.23 Å². The second-order valence-corrected chi connectivity index (χ2v) is 9.04. The highest BCUT2D eigenvalue weighted by Gasteiger charge is 2.41. The first-order valence-corrected chi connectivity index (χ1v) is 12.4. The van der Waals surface area contributed by atoms with Crippen LogP contribution in [0.15, 0.2) is 24.3 Å². The minimum atomic E-state index is -1.62. The fourth-order valence-electron chi connectivity index (χ4n) is 4.52. The van der Waals surface area contributed by atoms with Crippen LogP contribution >= 0.6 is 0 Å². The lowest BCUT2D eigenvalue weighted by molar-refractivity contribution is -0.191. The molecule has 2 fully saturated rings. The van der Waals surface area contributed by atoms with Crippen LogP contribution < -0.4 is 5.32 Å². The lowest BCUT2D eigenvalue weighted by Gasteiger charge is -2.20. The highest BCUT2D eigenvalue weighted by molar-refractivity contribution is 6.04. The van der Waals surface area contributed by atoms with E-state index in [1.807, 2.05) is 13.8 Å². The molecule has 202 valence electrons. The Morgan fingerprint density at radius 3 is 2.39 bits per heavy atom. The summed E-state index contributed by atoms with van der Waals surface area (Å²) in [6.45, 7) is 6.81. The first kappa shape index (κ1) is 27.1. The van der Waals surface area contributed by atoms with Crippen LogP contribution in [0.3, 0.4) is 0 Å². The number of imide groups is 1. The van der Waals surface area contributed by atoms with Gasteiger partial charge >= 0.3 is 5.97 Å². The third-order valence-electron chi connectivity index (χ3n) is 6.74. The number of rotatable bonds is 9. The predicted molar refractivity (Wildman–Crippen MR) is 130 cm³/mol. The van der Waals surface area contributed by atoms with Gasteiger partial charge in [0.25, 0.3) is 17.7 Å². The highest BCUT2D eigenvalue weighted by atomic mass is 16.7. The van der Waals surface area contributed by atoms with E-state index < -0.39 is 41.7 Å². The summed E-state index contributed by atoms with van der Waals surface area (Å²) in [6, 6.07) is 5.73. The van der Waals surface area contributed by atoms with E-state index in [0.29, 0.717) is 23.5 Å². The molecule has 2 aliphatic rings. The molecular weight excluding hydrogens is 498 g/mol. The van der Waals surface area contributed by atoms with E-state index in [9.17, 15) is 34.3 Å². The molecule has 13 heteroatoms. The predicted octanol–water partition coefficient (Wildman–Crippen LogP) is 0.551. The van der Waals surface area contributed by atoms with Crippen molar-refractivity contribution >= 4 is 40.5 Å². The number of hydrogen-bond acceptors (Lipinski definition) is 10. The molecule has 2 unspecified atom stereocenters. The third-order valence-corrected chi connectivity index (χ3v) is 6.74. The SMILES string of the molecule is CCN(CC)CCNC(=O)c1ccc2cc(C(=O)ON3C(=O)CCC3=O)cc(C3CC(=O)N(O)C3O)c2n1. The second kappa shape index (κ2) is 11.2. The standard InChI is InChI=1S/C25H29N5O8/c1-3-28(4-2)10-9-26-23(34)18-6-5-14-11-15(25(36)38-30-19(31)7-8-20(30)32)12-16(22(14)27-18)17-13-21(33)29(37)24(17)35/h5-6,11-12,17,24,35,37H,3-4,7-10,13H2,1-2H3,(H,26,34). The molecule has 4 amide bonds. The summed E-state index contributed by atoms with van der Waals surface area (Å²) in [7, 11) is 0. The van der Waals surface area contributed by atoms with E-state index >= 15 is 0 Å². The van der Waals surface area contributed by atoms with Gasteiger partial charge in [0.1, 0.15) is 5.69 Å². The van der Waals surface area contributed by atoms with E-state index in [-0.39, 0.29) is 46.7 Å². The average molecular weight is 528 g/mol. The number of nitrogens with one attached hydrogen (secondary N) is 1. The minimum absolute atomic E-state index is 0.0680. The number of nitrogens with zero attached hydrogens (tertiary/aromatic N) is 4. The van der Waals surface area contributed by atoms with Crippen LogP contribution in [0.2, 0.25) is 0 Å². The van der Waals surface area contributed by atoms with Gasteiger partial charge < -0.3 is 20.2 Å². The molecule has 1 aromatic carbocycles. The van der Waals surface area contributed by atoms with Crippen LogP contribution in [-0.2, 0) is 19.2 Å². The number of pyridine rings is 1. The quantitative estimate of drug-likeness (QED) is 0.309. The summed E-state index contributed by atoms with van der Waals surface area (Å²) in [5.41, 5.74) is 0.456. The van der Waals surface area contributed by atoms with Crippen molar-refractivity contribution in [1.29, 1.82) is 0 Å². The number of aliphatic hydroxyl groups is 1. The lowest BCUT2D eigenvalue weighted by atomic mass is 9.92. The van der Waals surface area contributed by atoms with E-state index in [1.54, 1.807) is 6.07 Å². The van der Waals surface area contributed by atoms with Gasteiger partial charge in [-0.2, -0.15) is 5.06 Å². The zero-order valence-electron chi connectivity index (χ0n) is 21.0. The molecule has 2 atom stereocenters. The zero-order valence-corrected chi connectivity index (χ0v) is 21.0. The Morgan fingerprint density at radius 2 is 1.79 bits per heavy atom. The van der Waals surface area contributed by atoms with E-state index in [2.05, 4.69) is 15.2 Å². The number of hydroxylamine groups is 4. The fraction of sp³-hybridized carbons (Fsp3) is 0.440. The van der Waals surface area contributed by atoms with Crippen molar-refractivity contribution < 1.29 is 39.1 Å². The number of fused-ring (bicyclic) bond motifs is 1. The van der Waals surface area contributed by atoms with E-state index in [4.69, 9.17) is 4.84 Å². The molecule has 2 saturated heterocycles. The summed E-state index contributed by atoms with van der Waals surface area (Å²) >= 11 is 0. The molecule has 0 radical (unpaired) electrons. The summed E-state index contributed by atoms with van der Waals surface area (Å²) in [5.74, 6) is -4.43. The molecule has 1 aromatic heterocycles. The molecule has 4 rings (SSSR count). The Labute approximate surface area is 217 Å². The Bertz CT molecular complexity index is 1280. The van der Waals surface area contributed by atoms with Crippen molar-refractivity contribution in [3.05, 3.63) is 41.1 Å². The maximum atomic E-state index is 12.9. The molecule has 3 heterocycles. The molecule has 2 aromatic rings. The van der Waals surface area contributed by atoms with Crippen molar-refractivity contribution in [2.45, 2.75) is 45.3 Å². The van der Waals surface area contributed by atoms with Gasteiger partial charge in [-0.1, -0.05) is 19.9 Å². The Kier molecular flexibility index (Phi) is 7.99. The topological polar surface area (TPSA) is 170 Å². The molecule has 13 nitrogen and oxygen atoms in total. The second-order valence-electron chi connectivity index (χ2n) is 9.04. The first-order valence-electron chi connectivity index (χ1n) is 12.4. The number of aromatic nitrogens is 1. The van der Waals surface area contributed by atoms with Crippen molar-refractivity contribution in [2.24, 2.45) is 0 Å². The van der Waals surface area contributed by atoms with Gasteiger partial charge in [0.05, 0.1) is 11.1 Å². The van der Waals surface area contributed by atoms with Crippen LogP contribution in [-0.4, -0.2) is 92.3 Å². The number of hydrogen-bond donors (Lipinski definition) is 3. The summed E-state index contributed by atoms with van der Waals surface area (Å²) in [4.78, 5) is 73.1. The van der Waals surface area contributed by atoms with Gasteiger partial charge in [-0.3, -0.25) is 24.4 Å². The monoisotopic (exact) mass is 527 g/mol. The maximum absolute atomic E-state index is 12.9. The van der Waals surface area contributed by atoms with Crippen LogP contribution in [0.4, 0.5) is 0 Å². The summed E-state index contributed by atoms with van der Waals surface area (Å²) in [5, 5.41) is 24.2. The first-order chi connectivity index (χ1) is 18.1. The molecule has 0 aliphatic carbocycles. The number of aliphatic hydroxyl groups excluding tert-OH is 1. The van der Waals surface area contributed by atoms with E-state index in [0.717, 1.165) is 13.1 Å². The van der Waals surface area contributed by atoms with Crippen molar-refractivity contribution in [1.82, 2.24) is 25.3 Å². The number of amides is 4. The number of carbonyl (C=O) groups is 5. The smallest absolute Gasteiger partial charge is 0.363 e. The Morgan fingerprint density at radius 1 is 1.11 bits per heavy atom. The molecule has 0 saturated carbocycles. The minimum Gasteiger partial charge on any atom is -0.371 e. The van der Waals surface area contributed by atoms with Crippen LogP contribution in [0.25, 0.3) is 10.9 Å². The number of likely N-dealkylation sites (N-methyl/N-ethyl adjacent to an activating group) is 1. The van der Waals surface area contributed by atoms with Gasteiger partial charge in [-0.25, -0.2) is 9.78 Å². The molecule has 38 heavy (non-hydrogen) atoms. The molecule has 2 aliphatic heterocycles. The van der Waals surface area contributed by atoms with Crippen molar-refractivity contribution in [2.75, 3.05) is 26.2 Å². The molecule has 0 spiro atoms. The highest BCUT2D eigenvalue weighted by Crippen LogP contribution is 2.36. The molecule has 0 bridgehead atoms. The average Bonchev–Trinajstić information content (AvgIpc) is 3.37. The Balaban J connectivity index is 1.68. The number of carbonyl (C=O) groups excluding carboxylic acids is 5. The zero-order chi connectivity index (χ0) is 27.6. The Hall–Kier alpha value is -3.94. The van der Waals surface area contributed by atoms with Crippen LogP contribution in [0.5, 0.6) is 0 Å². The number of benzene rings is 1. The summed E-state index contributed by atoms with van der Waals surface area (Å²) < 4.78 is 0. The normalized spacial score (nSPS) is 19.7. The van der Waals surface area contributed by atoms with Crippen LogP contribution in [0.1, 0.15) is 65.4 Å². The maximum Gasteiger partial charge on any atom is 0.363 e. The fourth-order valence-corrected chi connectivity index (χ4v) is 4.52. The summed E-state index contributed by atoms with van der Waals surface area (Å²) in [6.07, 6.45) is -2.04.